The lowest BCUT2D eigenvalue weighted by molar-refractivity contribution is -0.140. The van der Waals surface area contributed by atoms with Gasteiger partial charge in [0.1, 0.15) is 6.10 Å². The van der Waals surface area contributed by atoms with Crippen molar-refractivity contribution in [3.63, 3.8) is 0 Å². The van der Waals surface area contributed by atoms with Crippen molar-refractivity contribution in [2.24, 2.45) is 0 Å². The highest BCUT2D eigenvalue weighted by atomic mass is 16.5. The van der Waals surface area contributed by atoms with Crippen molar-refractivity contribution in [3.8, 4) is 0 Å². The number of hydrogen-bond donors (Lipinski definition) is 0. The molecule has 1 aromatic heterocycles. The van der Waals surface area contributed by atoms with Crippen molar-refractivity contribution < 1.29 is 9.53 Å². The Labute approximate surface area is 142 Å². The fourth-order valence-electron chi connectivity index (χ4n) is 2.93. The number of amides is 1. The molecule has 1 saturated heterocycles. The van der Waals surface area contributed by atoms with Crippen LogP contribution in [0.4, 0.5) is 0 Å². The molecule has 24 heavy (non-hydrogen) atoms. The lowest BCUT2D eigenvalue weighted by Gasteiger charge is -2.34. The van der Waals surface area contributed by atoms with E-state index in [0.29, 0.717) is 26.2 Å². The Balaban J connectivity index is 1.54. The van der Waals surface area contributed by atoms with E-state index in [9.17, 15) is 4.79 Å². The molecule has 5 heteroatoms. The molecule has 1 amide bonds. The van der Waals surface area contributed by atoms with Crippen molar-refractivity contribution in [2.45, 2.75) is 12.6 Å². The van der Waals surface area contributed by atoms with Gasteiger partial charge in [0.05, 0.1) is 19.7 Å². The Morgan fingerprint density at radius 1 is 1.25 bits per heavy atom. The molecular formula is C19H23N3O2. The second kappa shape index (κ2) is 8.04. The van der Waals surface area contributed by atoms with Gasteiger partial charge in [-0.05, 0) is 30.3 Å². The van der Waals surface area contributed by atoms with Gasteiger partial charge in [-0.3, -0.25) is 14.7 Å². The molecule has 5 nitrogen and oxygen atoms in total. The number of aromatic nitrogens is 1. The molecule has 1 atom stereocenters. The third-order valence-electron chi connectivity index (χ3n) is 4.20. The van der Waals surface area contributed by atoms with Crippen LogP contribution in [0.5, 0.6) is 0 Å². The van der Waals surface area contributed by atoms with E-state index in [1.165, 1.54) is 0 Å². The smallest absolute Gasteiger partial charge is 0.236 e. The molecule has 0 spiro atoms. The second-order valence-corrected chi connectivity index (χ2v) is 6.14. The summed E-state index contributed by atoms with van der Waals surface area (Å²) >= 11 is 0. The molecule has 1 aliphatic rings. The first kappa shape index (κ1) is 16.6. The first-order chi connectivity index (χ1) is 11.7. The molecule has 3 rings (SSSR count). The summed E-state index contributed by atoms with van der Waals surface area (Å²) in [5.41, 5.74) is 2.28. The molecule has 0 radical (unpaired) electrons. The molecule has 1 aliphatic heterocycles. The number of carbonyl (C=O) groups excluding carboxylic acids is 1. The average molecular weight is 325 g/mol. The SMILES string of the molecule is CN(CC(=O)N1CCOC(c2ccccc2)C1)Cc1ccncc1. The standard InChI is InChI=1S/C19H23N3O2/c1-21(13-16-7-9-20-10-8-16)15-19(23)22-11-12-24-18(14-22)17-5-3-2-4-6-17/h2-10,18H,11-15H2,1H3. The number of morpholine rings is 1. The van der Waals surface area contributed by atoms with Crippen molar-refractivity contribution in [3.05, 3.63) is 66.0 Å². The van der Waals surface area contributed by atoms with E-state index in [1.54, 1.807) is 12.4 Å². The molecule has 1 aromatic carbocycles. The van der Waals surface area contributed by atoms with Crippen LogP contribution in [0.2, 0.25) is 0 Å². The van der Waals surface area contributed by atoms with E-state index in [2.05, 4.69) is 4.98 Å². The fourth-order valence-corrected chi connectivity index (χ4v) is 2.93. The zero-order valence-corrected chi connectivity index (χ0v) is 14.0. The van der Waals surface area contributed by atoms with E-state index in [-0.39, 0.29) is 12.0 Å². The minimum Gasteiger partial charge on any atom is -0.370 e. The Morgan fingerprint density at radius 2 is 2.00 bits per heavy atom. The fraction of sp³-hybridized carbons (Fsp3) is 0.368. The lowest BCUT2D eigenvalue weighted by Crippen LogP contribution is -2.46. The largest absolute Gasteiger partial charge is 0.370 e. The van der Waals surface area contributed by atoms with Crippen LogP contribution in [-0.4, -0.2) is 54.0 Å². The molecule has 1 fully saturated rings. The summed E-state index contributed by atoms with van der Waals surface area (Å²) in [6.45, 7) is 3.00. The van der Waals surface area contributed by atoms with Crippen molar-refractivity contribution in [2.75, 3.05) is 33.3 Å². The van der Waals surface area contributed by atoms with Crippen LogP contribution in [0.15, 0.2) is 54.9 Å². The summed E-state index contributed by atoms with van der Waals surface area (Å²) in [5.74, 6) is 0.149. The number of pyridine rings is 1. The van der Waals surface area contributed by atoms with Crippen LogP contribution in [0.1, 0.15) is 17.2 Å². The summed E-state index contributed by atoms with van der Waals surface area (Å²) < 4.78 is 5.83. The van der Waals surface area contributed by atoms with Crippen molar-refractivity contribution in [1.29, 1.82) is 0 Å². The highest BCUT2D eigenvalue weighted by Gasteiger charge is 2.25. The summed E-state index contributed by atoms with van der Waals surface area (Å²) in [7, 11) is 1.97. The molecular weight excluding hydrogens is 302 g/mol. The van der Waals surface area contributed by atoms with Gasteiger partial charge in [0, 0.05) is 25.5 Å². The van der Waals surface area contributed by atoms with E-state index < -0.39 is 0 Å². The van der Waals surface area contributed by atoms with E-state index in [4.69, 9.17) is 4.74 Å². The van der Waals surface area contributed by atoms with Gasteiger partial charge in [0.15, 0.2) is 0 Å². The van der Waals surface area contributed by atoms with Gasteiger partial charge >= 0.3 is 0 Å². The van der Waals surface area contributed by atoms with Crippen LogP contribution in [-0.2, 0) is 16.1 Å². The summed E-state index contributed by atoms with van der Waals surface area (Å²) in [5, 5.41) is 0. The van der Waals surface area contributed by atoms with Crippen LogP contribution < -0.4 is 0 Å². The number of rotatable bonds is 5. The van der Waals surface area contributed by atoms with Gasteiger partial charge in [-0.15, -0.1) is 0 Å². The molecule has 1 unspecified atom stereocenters. The lowest BCUT2D eigenvalue weighted by atomic mass is 10.1. The van der Waals surface area contributed by atoms with Crippen LogP contribution in [0, 0.1) is 0 Å². The number of hydrogen-bond acceptors (Lipinski definition) is 4. The number of ether oxygens (including phenoxy) is 1. The van der Waals surface area contributed by atoms with Crippen LogP contribution >= 0.6 is 0 Å². The normalized spacial score (nSPS) is 17.9. The predicted molar refractivity (Wildman–Crippen MR) is 92.3 cm³/mol. The molecule has 0 N–H and O–H groups in total. The molecule has 2 heterocycles. The zero-order chi connectivity index (χ0) is 16.8. The quantitative estimate of drug-likeness (QED) is 0.845. The Morgan fingerprint density at radius 3 is 2.75 bits per heavy atom. The minimum atomic E-state index is -0.0330. The number of likely N-dealkylation sites (N-methyl/N-ethyl adjacent to an activating group) is 1. The first-order valence-corrected chi connectivity index (χ1v) is 8.24. The van der Waals surface area contributed by atoms with Crippen LogP contribution in [0.25, 0.3) is 0 Å². The van der Waals surface area contributed by atoms with Crippen LogP contribution in [0.3, 0.4) is 0 Å². The molecule has 0 saturated carbocycles. The van der Waals surface area contributed by atoms with Crippen molar-refractivity contribution in [1.82, 2.24) is 14.8 Å². The highest BCUT2D eigenvalue weighted by Crippen LogP contribution is 2.22. The Bertz CT molecular complexity index is 648. The molecule has 0 aliphatic carbocycles. The number of nitrogens with zero attached hydrogens (tertiary/aromatic N) is 3. The van der Waals surface area contributed by atoms with Crippen molar-refractivity contribution >= 4 is 5.91 Å². The van der Waals surface area contributed by atoms with Gasteiger partial charge in [-0.25, -0.2) is 0 Å². The predicted octanol–water partition coefficient (Wildman–Crippen LogP) is 2.11. The Kier molecular flexibility index (Phi) is 5.56. The number of carbonyl (C=O) groups is 1. The summed E-state index contributed by atoms with van der Waals surface area (Å²) in [6, 6.07) is 14.0. The average Bonchev–Trinajstić information content (AvgIpc) is 2.63. The van der Waals surface area contributed by atoms with E-state index in [1.807, 2.05) is 59.3 Å². The summed E-state index contributed by atoms with van der Waals surface area (Å²) in [6.07, 6.45) is 3.52. The maximum absolute atomic E-state index is 12.6. The first-order valence-electron chi connectivity index (χ1n) is 8.24. The zero-order valence-electron chi connectivity index (χ0n) is 14.0. The van der Waals surface area contributed by atoms with Gasteiger partial charge in [-0.2, -0.15) is 0 Å². The monoisotopic (exact) mass is 325 g/mol. The van der Waals surface area contributed by atoms with E-state index >= 15 is 0 Å². The molecule has 126 valence electrons. The third kappa shape index (κ3) is 4.40. The molecule has 2 aromatic rings. The number of benzene rings is 1. The Hall–Kier alpha value is -2.24. The highest BCUT2D eigenvalue weighted by molar-refractivity contribution is 5.78. The maximum atomic E-state index is 12.6. The maximum Gasteiger partial charge on any atom is 0.236 e. The van der Waals surface area contributed by atoms with Gasteiger partial charge in [-0.1, -0.05) is 30.3 Å². The topological polar surface area (TPSA) is 45.7 Å². The van der Waals surface area contributed by atoms with Gasteiger partial charge in [0.2, 0.25) is 5.91 Å². The minimum absolute atomic E-state index is 0.0330. The second-order valence-electron chi connectivity index (χ2n) is 6.14. The molecule has 0 bridgehead atoms. The van der Waals surface area contributed by atoms with E-state index in [0.717, 1.165) is 17.7 Å². The third-order valence-corrected chi connectivity index (χ3v) is 4.20. The summed E-state index contributed by atoms with van der Waals surface area (Å²) in [4.78, 5) is 20.5. The van der Waals surface area contributed by atoms with Gasteiger partial charge < -0.3 is 9.64 Å². The van der Waals surface area contributed by atoms with Gasteiger partial charge in [0.25, 0.3) is 0 Å².